The molecule has 0 saturated heterocycles. The van der Waals surface area contributed by atoms with Crippen molar-refractivity contribution in [1.29, 1.82) is 0 Å². The molecule has 0 radical (unpaired) electrons. The first-order chi connectivity index (χ1) is 8.47. The van der Waals surface area contributed by atoms with Crippen molar-refractivity contribution in [3.05, 3.63) is 0 Å². The zero-order valence-corrected chi connectivity index (χ0v) is 12.5. The average Bonchev–Trinajstić information content (AvgIpc) is 2.22. The van der Waals surface area contributed by atoms with Crippen molar-refractivity contribution in [1.82, 2.24) is 0 Å². The van der Waals surface area contributed by atoms with Gasteiger partial charge in [-0.05, 0) is 6.92 Å². The first-order valence-electron chi connectivity index (χ1n) is 5.70. The Labute approximate surface area is 112 Å². The molecule has 0 aromatic carbocycles. The van der Waals surface area contributed by atoms with E-state index in [0.29, 0.717) is 4.48 Å². The lowest BCUT2D eigenvalue weighted by molar-refractivity contribution is -0.872. The van der Waals surface area contributed by atoms with Gasteiger partial charge in [0.25, 0.3) is 7.82 Å². The molecule has 114 valence electrons. The molecule has 0 heterocycles. The van der Waals surface area contributed by atoms with Gasteiger partial charge in [0, 0.05) is 0 Å². The number of quaternary nitrogens is 1. The third kappa shape index (κ3) is 9.23. The number of ketones is 1. The fourth-order valence-corrected chi connectivity index (χ4v) is 2.09. The largest absolute Gasteiger partial charge is 0.756 e. The summed E-state index contributed by atoms with van der Waals surface area (Å²) in [5, 5.41) is 17.5. The van der Waals surface area contributed by atoms with Crippen molar-refractivity contribution in [3.63, 3.8) is 0 Å². The van der Waals surface area contributed by atoms with Crippen LogP contribution in [0.2, 0.25) is 0 Å². The van der Waals surface area contributed by atoms with E-state index in [-0.39, 0.29) is 6.54 Å². The molecule has 0 aliphatic rings. The Morgan fingerprint density at radius 3 is 2.32 bits per heavy atom. The first kappa shape index (κ1) is 18.7. The molecule has 0 bridgehead atoms. The number of carbonyl (C=O) groups is 1. The zero-order valence-electron chi connectivity index (χ0n) is 11.6. The maximum atomic E-state index is 11.5. The van der Waals surface area contributed by atoms with E-state index in [1.807, 2.05) is 0 Å². The monoisotopic (exact) mass is 299 g/mol. The number of hydrogen-bond donors (Lipinski definition) is 2. The number of Topliss-reactive ketones (excluding diaryl/α,β-unsaturated/α-hetero) is 1. The van der Waals surface area contributed by atoms with Crippen LogP contribution in [0.15, 0.2) is 0 Å². The van der Waals surface area contributed by atoms with Gasteiger partial charge < -0.3 is 28.6 Å². The molecule has 0 spiro atoms. The van der Waals surface area contributed by atoms with Gasteiger partial charge in [-0.2, -0.15) is 0 Å². The van der Waals surface area contributed by atoms with Gasteiger partial charge in [0.1, 0.15) is 12.6 Å². The van der Waals surface area contributed by atoms with Crippen LogP contribution in [0, 0.1) is 0 Å². The first-order valence-corrected chi connectivity index (χ1v) is 7.17. The normalized spacial score (nSPS) is 18.7. The quantitative estimate of drug-likeness (QED) is 0.393. The molecule has 0 aromatic rings. The van der Waals surface area contributed by atoms with Gasteiger partial charge in [-0.3, -0.25) is 9.36 Å². The number of aliphatic hydroxyl groups is 2. The van der Waals surface area contributed by atoms with E-state index in [2.05, 4.69) is 4.52 Å². The topological polar surface area (TPSA) is 116 Å². The predicted octanol–water partition coefficient (Wildman–Crippen LogP) is -1.49. The van der Waals surface area contributed by atoms with Crippen LogP contribution >= 0.6 is 7.82 Å². The second-order valence-electron chi connectivity index (χ2n) is 5.26. The fourth-order valence-electron chi connectivity index (χ4n) is 1.15. The SMILES string of the molecule is CC(=O)C(C[N+](C)(C)C)OP(=O)([O-])OC[C@H](O)CO. The summed E-state index contributed by atoms with van der Waals surface area (Å²) in [5.41, 5.74) is 0. The highest BCUT2D eigenvalue weighted by atomic mass is 31.2. The summed E-state index contributed by atoms with van der Waals surface area (Å²) in [6.45, 7) is 0.137. The Kier molecular flexibility index (Phi) is 7.31. The standard InChI is InChI=1S/C10H22NO7P/c1-8(13)10(5-11(2,3)4)18-19(15,16)17-7-9(14)6-12/h9-10,12,14H,5-7H2,1-4H3/t9-,10?/m1/s1. The van der Waals surface area contributed by atoms with Crippen LogP contribution in [0.1, 0.15) is 6.92 Å². The van der Waals surface area contributed by atoms with E-state index in [4.69, 9.17) is 14.7 Å². The maximum absolute atomic E-state index is 11.5. The van der Waals surface area contributed by atoms with Crippen LogP contribution in [0.4, 0.5) is 0 Å². The molecule has 3 atom stereocenters. The molecule has 0 rings (SSSR count). The smallest absolute Gasteiger partial charge is 0.268 e. The number of likely N-dealkylation sites (N-methyl/N-ethyl adjacent to an activating group) is 1. The number of aliphatic hydroxyl groups excluding tert-OH is 2. The molecule has 0 aliphatic carbocycles. The maximum Gasteiger partial charge on any atom is 0.268 e. The number of carbonyl (C=O) groups excluding carboxylic acids is 1. The van der Waals surface area contributed by atoms with Crippen LogP contribution in [0.25, 0.3) is 0 Å². The summed E-state index contributed by atoms with van der Waals surface area (Å²) in [5.74, 6) is -0.435. The Balaban J connectivity index is 4.57. The van der Waals surface area contributed by atoms with Gasteiger partial charge >= 0.3 is 0 Å². The van der Waals surface area contributed by atoms with Crippen LogP contribution in [-0.2, 0) is 18.4 Å². The summed E-state index contributed by atoms with van der Waals surface area (Å²) in [6, 6.07) is 0. The van der Waals surface area contributed by atoms with Gasteiger partial charge in [0.05, 0.1) is 34.4 Å². The van der Waals surface area contributed by atoms with Gasteiger partial charge in [0.15, 0.2) is 11.9 Å². The highest BCUT2D eigenvalue weighted by Gasteiger charge is 2.28. The van der Waals surface area contributed by atoms with Gasteiger partial charge in [-0.15, -0.1) is 0 Å². The number of hydrogen-bond acceptors (Lipinski definition) is 7. The predicted molar refractivity (Wildman–Crippen MR) is 65.1 cm³/mol. The van der Waals surface area contributed by atoms with Crippen LogP contribution < -0.4 is 4.89 Å². The van der Waals surface area contributed by atoms with Crippen molar-refractivity contribution >= 4 is 13.6 Å². The second-order valence-corrected chi connectivity index (χ2v) is 6.62. The minimum Gasteiger partial charge on any atom is -0.756 e. The average molecular weight is 299 g/mol. The van der Waals surface area contributed by atoms with E-state index in [1.54, 1.807) is 21.1 Å². The van der Waals surface area contributed by atoms with E-state index in [1.165, 1.54) is 6.92 Å². The lowest BCUT2D eigenvalue weighted by atomic mass is 10.2. The van der Waals surface area contributed by atoms with Gasteiger partial charge in [-0.25, -0.2) is 0 Å². The summed E-state index contributed by atoms with van der Waals surface area (Å²) in [7, 11) is 0.642. The molecular formula is C10H22NO7P. The molecule has 2 unspecified atom stereocenters. The second kappa shape index (κ2) is 7.44. The highest BCUT2D eigenvalue weighted by Crippen LogP contribution is 2.40. The molecule has 0 amide bonds. The molecule has 0 fully saturated rings. The van der Waals surface area contributed by atoms with Crippen molar-refractivity contribution in [3.8, 4) is 0 Å². The molecule has 9 heteroatoms. The minimum atomic E-state index is -4.71. The number of phosphoric acid groups is 1. The fraction of sp³-hybridized carbons (Fsp3) is 0.900. The number of phosphoric ester groups is 1. The summed E-state index contributed by atoms with van der Waals surface area (Å²) in [4.78, 5) is 22.8. The Bertz CT molecular complexity index is 341. The highest BCUT2D eigenvalue weighted by molar-refractivity contribution is 7.45. The lowest BCUT2D eigenvalue weighted by Gasteiger charge is -2.32. The zero-order chi connectivity index (χ0) is 15.3. The number of rotatable bonds is 9. The molecule has 8 nitrogen and oxygen atoms in total. The summed E-state index contributed by atoms with van der Waals surface area (Å²) < 4.78 is 20.9. The molecule has 2 N–H and O–H groups in total. The Hall–Kier alpha value is -0.340. The van der Waals surface area contributed by atoms with Crippen LogP contribution in [-0.4, -0.2) is 73.6 Å². The van der Waals surface area contributed by atoms with E-state index in [9.17, 15) is 14.3 Å². The van der Waals surface area contributed by atoms with E-state index in [0.717, 1.165) is 0 Å². The van der Waals surface area contributed by atoms with Crippen molar-refractivity contribution < 1.29 is 38.0 Å². The lowest BCUT2D eigenvalue weighted by Crippen LogP contribution is -2.45. The van der Waals surface area contributed by atoms with Crippen LogP contribution in [0.5, 0.6) is 0 Å². The van der Waals surface area contributed by atoms with Gasteiger partial charge in [-0.1, -0.05) is 0 Å². The summed E-state index contributed by atoms with van der Waals surface area (Å²) >= 11 is 0. The summed E-state index contributed by atoms with van der Waals surface area (Å²) in [6.07, 6.45) is -2.46. The van der Waals surface area contributed by atoms with Crippen molar-refractivity contribution in [2.75, 3.05) is 40.9 Å². The van der Waals surface area contributed by atoms with E-state index >= 15 is 0 Å². The number of nitrogens with zero attached hydrogens (tertiary/aromatic N) is 1. The molecule has 0 aliphatic heterocycles. The third-order valence-corrected chi connectivity index (χ3v) is 3.04. The van der Waals surface area contributed by atoms with E-state index < -0.39 is 39.0 Å². The third-order valence-electron chi connectivity index (χ3n) is 2.06. The Morgan fingerprint density at radius 1 is 1.42 bits per heavy atom. The Morgan fingerprint density at radius 2 is 1.95 bits per heavy atom. The van der Waals surface area contributed by atoms with Gasteiger partial charge in [0.2, 0.25) is 0 Å². The molecule has 19 heavy (non-hydrogen) atoms. The van der Waals surface area contributed by atoms with Crippen LogP contribution in [0.3, 0.4) is 0 Å². The minimum absolute atomic E-state index is 0.160. The van der Waals surface area contributed by atoms with Crippen molar-refractivity contribution in [2.45, 2.75) is 19.1 Å². The molecule has 0 saturated carbocycles. The molecule has 0 aromatic heterocycles. The molecular weight excluding hydrogens is 277 g/mol. The van der Waals surface area contributed by atoms with Crippen molar-refractivity contribution in [2.24, 2.45) is 0 Å².